The molecule has 1 aromatic carbocycles. The zero-order chi connectivity index (χ0) is 12.3. The summed E-state index contributed by atoms with van der Waals surface area (Å²) in [5.74, 6) is 0.784. The lowest BCUT2D eigenvalue weighted by Crippen LogP contribution is -2.31. The molecule has 17 heavy (non-hydrogen) atoms. The lowest BCUT2D eigenvalue weighted by atomic mass is 10.1. The third-order valence-corrected chi connectivity index (χ3v) is 4.13. The van der Waals surface area contributed by atoms with Crippen molar-refractivity contribution < 1.29 is 5.11 Å². The summed E-state index contributed by atoms with van der Waals surface area (Å²) in [5.41, 5.74) is 2.56. The van der Waals surface area contributed by atoms with E-state index in [9.17, 15) is 0 Å². The van der Waals surface area contributed by atoms with Gasteiger partial charge in [0.1, 0.15) is 0 Å². The number of aryl methyl sites for hydroxylation is 1. The topological polar surface area (TPSA) is 32.3 Å². The molecule has 0 aliphatic heterocycles. The Morgan fingerprint density at radius 2 is 2.24 bits per heavy atom. The monoisotopic (exact) mass is 297 g/mol. The van der Waals surface area contributed by atoms with E-state index in [4.69, 9.17) is 5.11 Å². The Kier molecular flexibility index (Phi) is 4.60. The standard InChI is InChI=1S/C14H20BrNO/c1-10-2-3-12(13(15)8-10)9-16-14(6-7-17)11-4-5-11/h2-3,8,11,14,16-17H,4-7,9H2,1H3. The highest BCUT2D eigenvalue weighted by atomic mass is 79.9. The first kappa shape index (κ1) is 13.1. The van der Waals surface area contributed by atoms with Gasteiger partial charge in [-0.2, -0.15) is 0 Å². The fraction of sp³-hybridized carbons (Fsp3) is 0.571. The third kappa shape index (κ3) is 3.80. The molecule has 0 bridgehead atoms. The van der Waals surface area contributed by atoms with Gasteiger partial charge in [0, 0.05) is 23.7 Å². The minimum absolute atomic E-state index is 0.281. The highest BCUT2D eigenvalue weighted by Gasteiger charge is 2.30. The molecule has 1 atom stereocenters. The largest absolute Gasteiger partial charge is 0.396 e. The fourth-order valence-electron chi connectivity index (χ4n) is 2.18. The molecule has 1 fully saturated rings. The zero-order valence-electron chi connectivity index (χ0n) is 10.2. The van der Waals surface area contributed by atoms with E-state index in [1.165, 1.54) is 28.4 Å². The highest BCUT2D eigenvalue weighted by Crippen LogP contribution is 2.34. The van der Waals surface area contributed by atoms with E-state index in [0.717, 1.165) is 18.9 Å². The molecule has 1 aliphatic carbocycles. The van der Waals surface area contributed by atoms with E-state index in [1.807, 2.05) is 0 Å². The molecule has 94 valence electrons. The second-order valence-electron chi connectivity index (χ2n) is 4.93. The van der Waals surface area contributed by atoms with Gasteiger partial charge >= 0.3 is 0 Å². The summed E-state index contributed by atoms with van der Waals surface area (Å²) in [5, 5.41) is 12.6. The Labute approximate surface area is 112 Å². The molecule has 1 unspecified atom stereocenters. The van der Waals surface area contributed by atoms with Crippen molar-refractivity contribution in [2.75, 3.05) is 6.61 Å². The summed E-state index contributed by atoms with van der Waals surface area (Å²) in [6.45, 7) is 3.26. The van der Waals surface area contributed by atoms with Crippen molar-refractivity contribution in [3.63, 3.8) is 0 Å². The molecule has 1 aliphatic rings. The van der Waals surface area contributed by atoms with Gasteiger partial charge in [-0.1, -0.05) is 28.1 Å². The minimum atomic E-state index is 0.281. The van der Waals surface area contributed by atoms with Gasteiger partial charge in [-0.05, 0) is 49.3 Å². The van der Waals surface area contributed by atoms with Crippen LogP contribution in [0.15, 0.2) is 22.7 Å². The molecule has 0 radical (unpaired) electrons. The van der Waals surface area contributed by atoms with Crippen LogP contribution in [0.4, 0.5) is 0 Å². The molecule has 0 aromatic heterocycles. The van der Waals surface area contributed by atoms with Crippen molar-refractivity contribution in [2.24, 2.45) is 5.92 Å². The number of hydrogen-bond donors (Lipinski definition) is 2. The summed E-state index contributed by atoms with van der Waals surface area (Å²) in [6, 6.07) is 6.93. The van der Waals surface area contributed by atoms with Gasteiger partial charge in [0.15, 0.2) is 0 Å². The van der Waals surface area contributed by atoms with Crippen LogP contribution in [-0.2, 0) is 6.54 Å². The predicted octanol–water partition coefficient (Wildman–Crippen LogP) is 3.01. The zero-order valence-corrected chi connectivity index (χ0v) is 11.8. The van der Waals surface area contributed by atoms with Gasteiger partial charge in [0.25, 0.3) is 0 Å². The maximum atomic E-state index is 9.05. The van der Waals surface area contributed by atoms with Crippen molar-refractivity contribution in [1.82, 2.24) is 5.32 Å². The van der Waals surface area contributed by atoms with Gasteiger partial charge < -0.3 is 10.4 Å². The molecule has 0 spiro atoms. The summed E-state index contributed by atoms with van der Waals surface area (Å²) in [6.07, 6.45) is 3.49. The minimum Gasteiger partial charge on any atom is -0.396 e. The molecule has 0 saturated heterocycles. The smallest absolute Gasteiger partial charge is 0.0445 e. The first-order chi connectivity index (χ1) is 8.20. The van der Waals surface area contributed by atoms with E-state index in [0.29, 0.717) is 6.04 Å². The van der Waals surface area contributed by atoms with Crippen molar-refractivity contribution in [3.05, 3.63) is 33.8 Å². The highest BCUT2D eigenvalue weighted by molar-refractivity contribution is 9.10. The van der Waals surface area contributed by atoms with Crippen LogP contribution < -0.4 is 5.32 Å². The van der Waals surface area contributed by atoms with E-state index in [-0.39, 0.29) is 6.61 Å². The van der Waals surface area contributed by atoms with Crippen LogP contribution in [0.3, 0.4) is 0 Å². The molecular formula is C14H20BrNO. The first-order valence-electron chi connectivity index (χ1n) is 6.30. The van der Waals surface area contributed by atoms with Crippen molar-refractivity contribution in [1.29, 1.82) is 0 Å². The second kappa shape index (κ2) is 5.98. The fourth-order valence-corrected chi connectivity index (χ4v) is 2.81. The van der Waals surface area contributed by atoms with Crippen molar-refractivity contribution >= 4 is 15.9 Å². The number of rotatable bonds is 6. The van der Waals surface area contributed by atoms with Gasteiger partial charge in [0.05, 0.1) is 0 Å². The van der Waals surface area contributed by atoms with E-state index in [1.54, 1.807) is 0 Å². The number of halogens is 1. The molecular weight excluding hydrogens is 278 g/mol. The van der Waals surface area contributed by atoms with E-state index < -0.39 is 0 Å². The molecule has 0 heterocycles. The molecule has 1 aromatic rings. The Hall–Kier alpha value is -0.380. The molecule has 2 nitrogen and oxygen atoms in total. The van der Waals surface area contributed by atoms with Crippen LogP contribution in [0.1, 0.15) is 30.4 Å². The Morgan fingerprint density at radius 1 is 1.47 bits per heavy atom. The van der Waals surface area contributed by atoms with Crippen LogP contribution in [0.25, 0.3) is 0 Å². The average molecular weight is 298 g/mol. The van der Waals surface area contributed by atoms with Crippen LogP contribution in [0.2, 0.25) is 0 Å². The van der Waals surface area contributed by atoms with Crippen LogP contribution in [0.5, 0.6) is 0 Å². The number of nitrogens with one attached hydrogen (secondary N) is 1. The normalized spacial score (nSPS) is 17.1. The molecule has 0 amide bonds. The maximum Gasteiger partial charge on any atom is 0.0445 e. The Bertz CT molecular complexity index is 376. The first-order valence-corrected chi connectivity index (χ1v) is 7.09. The van der Waals surface area contributed by atoms with Gasteiger partial charge in [0.2, 0.25) is 0 Å². The van der Waals surface area contributed by atoms with Crippen LogP contribution in [0, 0.1) is 12.8 Å². The summed E-state index contributed by atoms with van der Waals surface area (Å²) >= 11 is 3.60. The number of aliphatic hydroxyl groups is 1. The van der Waals surface area contributed by atoms with Crippen LogP contribution in [-0.4, -0.2) is 17.8 Å². The Balaban J connectivity index is 1.91. The Morgan fingerprint density at radius 3 is 2.82 bits per heavy atom. The lowest BCUT2D eigenvalue weighted by molar-refractivity contribution is 0.255. The third-order valence-electron chi connectivity index (χ3n) is 3.39. The average Bonchev–Trinajstić information content (AvgIpc) is 3.10. The van der Waals surface area contributed by atoms with Crippen molar-refractivity contribution in [2.45, 2.75) is 38.8 Å². The van der Waals surface area contributed by atoms with E-state index >= 15 is 0 Å². The summed E-state index contributed by atoms with van der Waals surface area (Å²) in [7, 11) is 0. The quantitative estimate of drug-likeness (QED) is 0.846. The number of benzene rings is 1. The second-order valence-corrected chi connectivity index (χ2v) is 5.79. The summed E-state index contributed by atoms with van der Waals surface area (Å²) < 4.78 is 1.17. The summed E-state index contributed by atoms with van der Waals surface area (Å²) in [4.78, 5) is 0. The van der Waals surface area contributed by atoms with E-state index in [2.05, 4.69) is 46.4 Å². The molecule has 2 rings (SSSR count). The number of aliphatic hydroxyl groups excluding tert-OH is 1. The number of hydrogen-bond acceptors (Lipinski definition) is 2. The lowest BCUT2D eigenvalue weighted by Gasteiger charge is -2.17. The van der Waals surface area contributed by atoms with Gasteiger partial charge in [-0.15, -0.1) is 0 Å². The SMILES string of the molecule is Cc1ccc(CNC(CCO)C2CC2)c(Br)c1. The molecule has 3 heteroatoms. The van der Waals surface area contributed by atoms with Crippen LogP contribution >= 0.6 is 15.9 Å². The molecule has 1 saturated carbocycles. The van der Waals surface area contributed by atoms with Crippen molar-refractivity contribution in [3.8, 4) is 0 Å². The van der Waals surface area contributed by atoms with Gasteiger partial charge in [-0.25, -0.2) is 0 Å². The molecule has 2 N–H and O–H groups in total. The maximum absolute atomic E-state index is 9.05. The van der Waals surface area contributed by atoms with Gasteiger partial charge in [-0.3, -0.25) is 0 Å². The predicted molar refractivity (Wildman–Crippen MR) is 73.9 cm³/mol.